The lowest BCUT2D eigenvalue weighted by Gasteiger charge is -2.18. The van der Waals surface area contributed by atoms with E-state index < -0.39 is 0 Å². The Balaban J connectivity index is 1.62. The summed E-state index contributed by atoms with van der Waals surface area (Å²) in [5.41, 5.74) is 4.71. The normalized spacial score (nSPS) is 16.0. The van der Waals surface area contributed by atoms with Gasteiger partial charge in [-0.15, -0.1) is 11.3 Å². The van der Waals surface area contributed by atoms with E-state index in [-0.39, 0.29) is 11.9 Å². The molecule has 4 aromatic rings. The maximum Gasteiger partial charge on any atom is 0.240 e. The third-order valence-electron chi connectivity index (χ3n) is 5.20. The molecule has 1 atom stereocenters. The Bertz CT molecular complexity index is 1200. The lowest BCUT2D eigenvalue weighted by Crippen LogP contribution is -2.23. The molecule has 5 nitrogen and oxygen atoms in total. The molecule has 6 heteroatoms. The van der Waals surface area contributed by atoms with Crippen LogP contribution >= 0.6 is 11.3 Å². The maximum atomic E-state index is 12.3. The Morgan fingerprint density at radius 1 is 1.00 bits per heavy atom. The van der Waals surface area contributed by atoms with E-state index >= 15 is 0 Å². The van der Waals surface area contributed by atoms with Crippen molar-refractivity contribution in [3.63, 3.8) is 0 Å². The van der Waals surface area contributed by atoms with Gasteiger partial charge in [0.2, 0.25) is 5.91 Å². The standard InChI is InChI=1S/C24H20N4OS/c1-17(29)28-22(23-13-8-14-30-23)15-21(25-28)20-16-27(19-11-6-3-7-12-19)26-24(20)18-9-4-2-5-10-18/h2-14,16,22H,15H2,1H3/t22-/m0/s1. The zero-order chi connectivity index (χ0) is 20.5. The second kappa shape index (κ2) is 7.72. The summed E-state index contributed by atoms with van der Waals surface area (Å²) in [6.07, 6.45) is 2.69. The molecule has 3 heterocycles. The summed E-state index contributed by atoms with van der Waals surface area (Å²) in [6.45, 7) is 1.57. The van der Waals surface area contributed by atoms with E-state index in [0.29, 0.717) is 6.42 Å². The average Bonchev–Trinajstić information content (AvgIpc) is 3.53. The first-order chi connectivity index (χ1) is 14.7. The highest BCUT2D eigenvalue weighted by Crippen LogP contribution is 2.37. The van der Waals surface area contributed by atoms with Crippen molar-refractivity contribution in [3.8, 4) is 16.9 Å². The van der Waals surface area contributed by atoms with E-state index in [1.54, 1.807) is 23.3 Å². The molecular weight excluding hydrogens is 392 g/mol. The zero-order valence-corrected chi connectivity index (χ0v) is 17.3. The van der Waals surface area contributed by atoms with Gasteiger partial charge in [-0.3, -0.25) is 4.79 Å². The molecule has 0 fully saturated rings. The highest BCUT2D eigenvalue weighted by atomic mass is 32.1. The average molecular weight is 413 g/mol. The number of aromatic nitrogens is 2. The molecule has 1 aliphatic rings. The van der Waals surface area contributed by atoms with Crippen molar-refractivity contribution in [1.29, 1.82) is 0 Å². The lowest BCUT2D eigenvalue weighted by atomic mass is 10.0. The van der Waals surface area contributed by atoms with Gasteiger partial charge in [0.25, 0.3) is 0 Å². The molecule has 1 amide bonds. The van der Waals surface area contributed by atoms with Crippen molar-refractivity contribution in [2.75, 3.05) is 0 Å². The van der Waals surface area contributed by atoms with Crippen molar-refractivity contribution < 1.29 is 4.79 Å². The van der Waals surface area contributed by atoms with Crippen molar-refractivity contribution in [2.45, 2.75) is 19.4 Å². The zero-order valence-electron chi connectivity index (χ0n) is 16.5. The largest absolute Gasteiger partial charge is 0.273 e. The molecule has 0 radical (unpaired) electrons. The predicted octanol–water partition coefficient (Wildman–Crippen LogP) is 5.30. The van der Waals surface area contributed by atoms with Gasteiger partial charge >= 0.3 is 0 Å². The number of carbonyl (C=O) groups is 1. The molecule has 0 bridgehead atoms. The van der Waals surface area contributed by atoms with Gasteiger partial charge in [-0.25, -0.2) is 9.69 Å². The van der Waals surface area contributed by atoms with Crippen molar-refractivity contribution in [3.05, 3.63) is 94.8 Å². The number of amides is 1. The van der Waals surface area contributed by atoms with Crippen LogP contribution in [0, 0.1) is 0 Å². The molecule has 0 aliphatic carbocycles. The van der Waals surface area contributed by atoms with E-state index in [1.807, 2.05) is 70.9 Å². The minimum atomic E-state index is -0.0683. The highest BCUT2D eigenvalue weighted by Gasteiger charge is 2.33. The summed E-state index contributed by atoms with van der Waals surface area (Å²) < 4.78 is 1.89. The molecule has 0 unspecified atom stereocenters. The number of para-hydroxylation sites is 1. The Morgan fingerprint density at radius 2 is 1.73 bits per heavy atom. The fraction of sp³-hybridized carbons (Fsp3) is 0.125. The SMILES string of the molecule is CC(=O)N1N=C(c2cn(-c3ccccc3)nc2-c2ccccc2)C[C@H]1c1cccs1. The van der Waals surface area contributed by atoms with Crippen LogP contribution in [0.1, 0.15) is 29.8 Å². The molecule has 30 heavy (non-hydrogen) atoms. The first kappa shape index (κ1) is 18.5. The number of nitrogens with zero attached hydrogens (tertiary/aromatic N) is 4. The second-order valence-corrected chi connectivity index (χ2v) is 8.16. The summed E-state index contributed by atoms with van der Waals surface area (Å²) in [7, 11) is 0. The van der Waals surface area contributed by atoms with Crippen molar-refractivity contribution >= 4 is 23.0 Å². The van der Waals surface area contributed by atoms with E-state index in [9.17, 15) is 4.79 Å². The Labute approximate surface area is 178 Å². The molecule has 5 rings (SSSR count). The summed E-state index contributed by atoms with van der Waals surface area (Å²) in [4.78, 5) is 13.5. The fourth-order valence-electron chi connectivity index (χ4n) is 3.77. The van der Waals surface area contributed by atoms with Crippen molar-refractivity contribution in [2.24, 2.45) is 5.10 Å². The number of hydrogen-bond donors (Lipinski definition) is 0. The van der Waals surface area contributed by atoms with Crippen LogP contribution in [0.4, 0.5) is 0 Å². The smallest absolute Gasteiger partial charge is 0.240 e. The van der Waals surface area contributed by atoms with Crippen LogP contribution in [0.15, 0.2) is 89.5 Å². The highest BCUT2D eigenvalue weighted by molar-refractivity contribution is 7.10. The number of hydrazone groups is 1. The van der Waals surface area contributed by atoms with Crippen LogP contribution in [0.5, 0.6) is 0 Å². The van der Waals surface area contributed by atoms with E-state index in [2.05, 4.69) is 18.2 Å². The fourth-order valence-corrected chi connectivity index (χ4v) is 4.58. The number of thiophene rings is 1. The monoisotopic (exact) mass is 412 g/mol. The molecular formula is C24H20N4OS. The molecule has 148 valence electrons. The molecule has 0 spiro atoms. The molecule has 2 aromatic carbocycles. The van der Waals surface area contributed by atoms with E-state index in [4.69, 9.17) is 10.2 Å². The van der Waals surface area contributed by atoms with Gasteiger partial charge in [-0.2, -0.15) is 10.2 Å². The quantitative estimate of drug-likeness (QED) is 0.457. The van der Waals surface area contributed by atoms with Crippen LogP contribution < -0.4 is 0 Å². The molecule has 0 saturated heterocycles. The van der Waals surface area contributed by atoms with Crippen LogP contribution in [-0.2, 0) is 4.79 Å². The van der Waals surface area contributed by atoms with Crippen LogP contribution in [0.25, 0.3) is 16.9 Å². The van der Waals surface area contributed by atoms with Gasteiger partial charge in [0.05, 0.1) is 17.4 Å². The topological polar surface area (TPSA) is 50.5 Å². The lowest BCUT2D eigenvalue weighted by molar-refractivity contribution is -0.130. The van der Waals surface area contributed by atoms with Crippen LogP contribution in [0.3, 0.4) is 0 Å². The first-order valence-corrected chi connectivity index (χ1v) is 10.7. The molecule has 2 aromatic heterocycles. The molecule has 0 saturated carbocycles. The Morgan fingerprint density at radius 3 is 2.40 bits per heavy atom. The van der Waals surface area contributed by atoms with Gasteiger partial charge in [0.15, 0.2) is 0 Å². The van der Waals surface area contributed by atoms with Gasteiger partial charge in [-0.1, -0.05) is 54.6 Å². The number of carbonyl (C=O) groups excluding carboxylic acids is 1. The Kier molecular flexibility index (Phi) is 4.77. The summed E-state index contributed by atoms with van der Waals surface area (Å²) in [6, 6.07) is 24.2. The van der Waals surface area contributed by atoms with Gasteiger partial charge in [0.1, 0.15) is 5.69 Å². The summed E-state index contributed by atoms with van der Waals surface area (Å²) in [5, 5.41) is 13.3. The summed E-state index contributed by atoms with van der Waals surface area (Å²) in [5.74, 6) is -0.0555. The summed E-state index contributed by atoms with van der Waals surface area (Å²) >= 11 is 1.65. The minimum absolute atomic E-state index is 0.0555. The minimum Gasteiger partial charge on any atom is -0.273 e. The second-order valence-electron chi connectivity index (χ2n) is 7.18. The Hall–Kier alpha value is -3.51. The van der Waals surface area contributed by atoms with Crippen molar-refractivity contribution in [1.82, 2.24) is 14.8 Å². The molecule has 1 aliphatic heterocycles. The number of rotatable bonds is 4. The predicted molar refractivity (Wildman–Crippen MR) is 120 cm³/mol. The number of hydrogen-bond acceptors (Lipinski definition) is 4. The third kappa shape index (κ3) is 3.35. The van der Waals surface area contributed by atoms with Gasteiger partial charge < -0.3 is 0 Å². The van der Waals surface area contributed by atoms with Crippen LogP contribution in [0.2, 0.25) is 0 Å². The van der Waals surface area contributed by atoms with Gasteiger partial charge in [-0.05, 0) is 23.6 Å². The first-order valence-electron chi connectivity index (χ1n) is 9.82. The molecule has 0 N–H and O–H groups in total. The van der Waals surface area contributed by atoms with Gasteiger partial charge in [0, 0.05) is 35.5 Å². The van der Waals surface area contributed by atoms with E-state index in [0.717, 1.165) is 33.1 Å². The number of benzene rings is 2. The third-order valence-corrected chi connectivity index (χ3v) is 6.17. The van der Waals surface area contributed by atoms with E-state index in [1.165, 1.54) is 0 Å². The van der Waals surface area contributed by atoms with Crippen LogP contribution in [-0.4, -0.2) is 26.4 Å². The maximum absolute atomic E-state index is 12.3.